The standard InChI is InChI=1S/C16H15BrN2O3S2/c1-3-19-14-7-5-12(9-15(14)23-16(19)20)24(21,22)18-11-4-6-13(17)10(2)8-11/h4-9,18H,3H2,1-2H3. The molecule has 0 unspecified atom stereocenters. The minimum Gasteiger partial charge on any atom is -0.299 e. The van der Waals surface area contributed by atoms with Crippen molar-refractivity contribution in [2.75, 3.05) is 4.72 Å². The maximum absolute atomic E-state index is 12.6. The van der Waals surface area contributed by atoms with Crippen molar-refractivity contribution in [1.29, 1.82) is 0 Å². The van der Waals surface area contributed by atoms with Gasteiger partial charge in [0.25, 0.3) is 10.0 Å². The molecular weight excluding hydrogens is 412 g/mol. The molecule has 8 heteroatoms. The fraction of sp³-hybridized carbons (Fsp3) is 0.188. The number of thiazole rings is 1. The van der Waals surface area contributed by atoms with E-state index in [1.54, 1.807) is 34.9 Å². The Balaban J connectivity index is 2.01. The van der Waals surface area contributed by atoms with E-state index in [-0.39, 0.29) is 9.77 Å². The average molecular weight is 427 g/mol. The number of aromatic nitrogens is 1. The smallest absolute Gasteiger partial charge is 0.299 e. The predicted molar refractivity (Wildman–Crippen MR) is 101 cm³/mol. The summed E-state index contributed by atoms with van der Waals surface area (Å²) in [6.45, 7) is 4.33. The van der Waals surface area contributed by atoms with Crippen molar-refractivity contribution in [3.8, 4) is 0 Å². The average Bonchev–Trinajstić information content (AvgIpc) is 2.84. The molecule has 3 aromatic rings. The third kappa shape index (κ3) is 3.13. The molecule has 0 aliphatic rings. The van der Waals surface area contributed by atoms with Gasteiger partial charge in [-0.1, -0.05) is 27.3 Å². The molecule has 0 aliphatic carbocycles. The Morgan fingerprint density at radius 2 is 1.96 bits per heavy atom. The molecule has 0 saturated carbocycles. The largest absolute Gasteiger partial charge is 0.308 e. The molecule has 0 aliphatic heterocycles. The summed E-state index contributed by atoms with van der Waals surface area (Å²) in [7, 11) is -3.71. The highest BCUT2D eigenvalue weighted by atomic mass is 79.9. The molecule has 0 fully saturated rings. The molecule has 2 aromatic carbocycles. The summed E-state index contributed by atoms with van der Waals surface area (Å²) in [5.41, 5.74) is 2.19. The third-order valence-corrected chi connectivity index (χ3v) is 6.89. The van der Waals surface area contributed by atoms with Gasteiger partial charge in [-0.2, -0.15) is 0 Å². The molecule has 0 bridgehead atoms. The molecule has 0 amide bonds. The van der Waals surface area contributed by atoms with Crippen LogP contribution in [0.4, 0.5) is 5.69 Å². The number of anilines is 1. The normalized spacial score (nSPS) is 11.8. The Morgan fingerprint density at radius 3 is 2.62 bits per heavy atom. The molecule has 3 rings (SSSR count). The number of sulfonamides is 1. The van der Waals surface area contributed by atoms with Crippen LogP contribution >= 0.6 is 27.3 Å². The van der Waals surface area contributed by atoms with E-state index in [0.29, 0.717) is 16.9 Å². The molecule has 0 spiro atoms. The van der Waals surface area contributed by atoms with E-state index in [4.69, 9.17) is 0 Å². The van der Waals surface area contributed by atoms with Gasteiger partial charge >= 0.3 is 4.87 Å². The van der Waals surface area contributed by atoms with Crippen LogP contribution in [0.25, 0.3) is 10.2 Å². The molecule has 5 nitrogen and oxygen atoms in total. The summed E-state index contributed by atoms with van der Waals surface area (Å²) in [4.78, 5) is 12.0. The van der Waals surface area contributed by atoms with Crippen LogP contribution in [-0.4, -0.2) is 13.0 Å². The third-order valence-electron chi connectivity index (χ3n) is 3.68. The topological polar surface area (TPSA) is 68.2 Å². The Bertz CT molecular complexity index is 1080. The van der Waals surface area contributed by atoms with Gasteiger partial charge in [-0.25, -0.2) is 8.42 Å². The fourth-order valence-electron chi connectivity index (χ4n) is 2.44. The molecule has 24 heavy (non-hydrogen) atoms. The van der Waals surface area contributed by atoms with Crippen molar-refractivity contribution in [3.63, 3.8) is 0 Å². The second-order valence-electron chi connectivity index (χ2n) is 5.31. The second kappa shape index (κ2) is 6.34. The van der Waals surface area contributed by atoms with Crippen LogP contribution in [-0.2, 0) is 16.6 Å². The van der Waals surface area contributed by atoms with Crippen LogP contribution in [0.15, 0.2) is 50.6 Å². The highest BCUT2D eigenvalue weighted by molar-refractivity contribution is 9.10. The molecule has 1 aromatic heterocycles. The van der Waals surface area contributed by atoms with E-state index in [1.165, 1.54) is 6.07 Å². The Morgan fingerprint density at radius 1 is 1.21 bits per heavy atom. The molecule has 0 saturated heterocycles. The van der Waals surface area contributed by atoms with Gasteiger partial charge < -0.3 is 0 Å². The van der Waals surface area contributed by atoms with Gasteiger partial charge in [0.15, 0.2) is 0 Å². The molecular formula is C16H15BrN2O3S2. The maximum Gasteiger partial charge on any atom is 0.308 e. The molecule has 0 atom stereocenters. The Labute approximate surface area is 152 Å². The van der Waals surface area contributed by atoms with Gasteiger partial charge in [-0.3, -0.25) is 14.1 Å². The number of aryl methyl sites for hydroxylation is 2. The first-order chi connectivity index (χ1) is 11.3. The van der Waals surface area contributed by atoms with E-state index in [9.17, 15) is 13.2 Å². The van der Waals surface area contributed by atoms with E-state index in [1.807, 2.05) is 13.8 Å². The highest BCUT2D eigenvalue weighted by Crippen LogP contribution is 2.25. The molecule has 1 heterocycles. The highest BCUT2D eigenvalue weighted by Gasteiger charge is 2.17. The quantitative estimate of drug-likeness (QED) is 0.686. The summed E-state index contributed by atoms with van der Waals surface area (Å²) < 4.78 is 31.0. The number of hydrogen-bond acceptors (Lipinski definition) is 4. The zero-order chi connectivity index (χ0) is 17.5. The summed E-state index contributed by atoms with van der Waals surface area (Å²) in [5, 5.41) is 0. The lowest BCUT2D eigenvalue weighted by atomic mass is 10.2. The van der Waals surface area contributed by atoms with Crippen LogP contribution in [0.1, 0.15) is 12.5 Å². The minimum atomic E-state index is -3.71. The first-order valence-corrected chi connectivity index (χ1v) is 10.3. The number of benzene rings is 2. The fourth-order valence-corrected chi connectivity index (χ4v) is 4.83. The summed E-state index contributed by atoms with van der Waals surface area (Å²) in [5.74, 6) is 0. The van der Waals surface area contributed by atoms with Crippen LogP contribution in [0.2, 0.25) is 0 Å². The van der Waals surface area contributed by atoms with E-state index in [0.717, 1.165) is 26.9 Å². The number of rotatable bonds is 4. The minimum absolute atomic E-state index is 0.0847. The van der Waals surface area contributed by atoms with Crippen molar-refractivity contribution < 1.29 is 8.42 Å². The maximum atomic E-state index is 12.6. The Hall–Kier alpha value is -1.64. The van der Waals surface area contributed by atoms with Gasteiger partial charge in [0.1, 0.15) is 0 Å². The predicted octanol–water partition coefficient (Wildman–Crippen LogP) is 3.95. The summed E-state index contributed by atoms with van der Waals surface area (Å²) in [6.07, 6.45) is 0. The summed E-state index contributed by atoms with van der Waals surface area (Å²) in [6, 6.07) is 9.99. The summed E-state index contributed by atoms with van der Waals surface area (Å²) >= 11 is 4.44. The Kier molecular flexibility index (Phi) is 4.54. The second-order valence-corrected chi connectivity index (χ2v) is 8.84. The van der Waals surface area contributed by atoms with Gasteiger partial charge in [-0.15, -0.1) is 0 Å². The number of hydrogen-bond donors (Lipinski definition) is 1. The zero-order valence-electron chi connectivity index (χ0n) is 13.0. The van der Waals surface area contributed by atoms with E-state index < -0.39 is 10.0 Å². The van der Waals surface area contributed by atoms with Crippen molar-refractivity contribution >= 4 is 53.2 Å². The number of nitrogens with one attached hydrogen (secondary N) is 1. The van der Waals surface area contributed by atoms with Crippen LogP contribution in [0.5, 0.6) is 0 Å². The van der Waals surface area contributed by atoms with Crippen molar-refractivity contribution in [2.45, 2.75) is 25.3 Å². The number of fused-ring (bicyclic) bond motifs is 1. The zero-order valence-corrected chi connectivity index (χ0v) is 16.3. The van der Waals surface area contributed by atoms with Gasteiger partial charge in [0.05, 0.1) is 15.1 Å². The molecule has 0 radical (unpaired) electrons. The lowest BCUT2D eigenvalue weighted by Crippen LogP contribution is -2.13. The van der Waals surface area contributed by atoms with Crippen molar-refractivity contribution in [1.82, 2.24) is 4.57 Å². The lowest BCUT2D eigenvalue weighted by Gasteiger charge is -2.10. The van der Waals surface area contributed by atoms with Crippen molar-refractivity contribution in [2.24, 2.45) is 0 Å². The lowest BCUT2D eigenvalue weighted by molar-refractivity contribution is 0.601. The van der Waals surface area contributed by atoms with Gasteiger partial charge in [0.2, 0.25) is 0 Å². The van der Waals surface area contributed by atoms with Crippen LogP contribution in [0, 0.1) is 6.92 Å². The van der Waals surface area contributed by atoms with Gasteiger partial charge in [0, 0.05) is 16.7 Å². The van der Waals surface area contributed by atoms with Crippen LogP contribution < -0.4 is 9.60 Å². The monoisotopic (exact) mass is 426 g/mol. The first-order valence-electron chi connectivity index (χ1n) is 7.24. The molecule has 1 N–H and O–H groups in total. The van der Waals surface area contributed by atoms with Gasteiger partial charge in [-0.05, 0) is 55.8 Å². The van der Waals surface area contributed by atoms with E-state index >= 15 is 0 Å². The SMILES string of the molecule is CCn1c(=O)sc2cc(S(=O)(=O)Nc3ccc(Br)c(C)c3)ccc21. The van der Waals surface area contributed by atoms with Crippen molar-refractivity contribution in [3.05, 3.63) is 56.1 Å². The van der Waals surface area contributed by atoms with E-state index in [2.05, 4.69) is 20.7 Å². The number of halogens is 1. The van der Waals surface area contributed by atoms with Crippen LogP contribution in [0.3, 0.4) is 0 Å². The first kappa shape index (κ1) is 17.2. The molecule has 126 valence electrons. The number of nitrogens with zero attached hydrogens (tertiary/aromatic N) is 1.